The van der Waals surface area contributed by atoms with E-state index in [-0.39, 0.29) is 11.8 Å². The van der Waals surface area contributed by atoms with E-state index in [1.54, 1.807) is 4.90 Å². The topological polar surface area (TPSA) is 67.2 Å². The zero-order valence-electron chi connectivity index (χ0n) is 17.1. The van der Waals surface area contributed by atoms with Gasteiger partial charge in [-0.3, -0.25) is 9.59 Å². The molecular weight excluding hydrogens is 352 g/mol. The molecule has 2 amide bonds. The minimum absolute atomic E-state index is 0.155. The molecule has 0 spiro atoms. The standard InChI is InChI=1S/C22H30N4O2/c1-4-25(17-10-6-5-7-11-17)22(28)20-24-19(18-12-8-9-15-26(18)20)21(27)23-14-13-16(2)3/h5-7,10-11,16H,4,8-9,12-15H2,1-3H3,(H,23,27). The summed E-state index contributed by atoms with van der Waals surface area (Å²) in [6, 6.07) is 9.60. The van der Waals surface area contributed by atoms with Gasteiger partial charge >= 0.3 is 0 Å². The van der Waals surface area contributed by atoms with Gasteiger partial charge in [0, 0.05) is 25.3 Å². The van der Waals surface area contributed by atoms with Crippen molar-refractivity contribution in [3.63, 3.8) is 0 Å². The number of rotatable bonds is 7. The highest BCUT2D eigenvalue weighted by Crippen LogP contribution is 2.24. The van der Waals surface area contributed by atoms with Gasteiger partial charge in [-0.1, -0.05) is 32.0 Å². The zero-order chi connectivity index (χ0) is 20.1. The average Bonchev–Trinajstić information content (AvgIpc) is 3.09. The van der Waals surface area contributed by atoms with Gasteiger partial charge in [0.05, 0.1) is 5.69 Å². The Morgan fingerprint density at radius 3 is 2.64 bits per heavy atom. The van der Waals surface area contributed by atoms with E-state index in [9.17, 15) is 9.59 Å². The van der Waals surface area contributed by atoms with Crippen LogP contribution in [-0.4, -0.2) is 34.5 Å². The Labute approximate surface area is 166 Å². The van der Waals surface area contributed by atoms with Crippen LogP contribution in [0.4, 0.5) is 5.69 Å². The lowest BCUT2D eigenvalue weighted by atomic mass is 10.1. The molecule has 0 radical (unpaired) electrons. The number of hydrogen-bond acceptors (Lipinski definition) is 3. The second-order valence-electron chi connectivity index (χ2n) is 7.66. The molecule has 3 rings (SSSR count). The van der Waals surface area contributed by atoms with Gasteiger partial charge in [0.25, 0.3) is 11.8 Å². The summed E-state index contributed by atoms with van der Waals surface area (Å²) >= 11 is 0. The van der Waals surface area contributed by atoms with Crippen LogP contribution in [-0.2, 0) is 13.0 Å². The molecule has 0 saturated heterocycles. The maximum absolute atomic E-state index is 13.3. The third-order valence-electron chi connectivity index (χ3n) is 5.16. The van der Waals surface area contributed by atoms with Crippen molar-refractivity contribution in [3.05, 3.63) is 47.5 Å². The van der Waals surface area contributed by atoms with Gasteiger partial charge in [0.1, 0.15) is 5.69 Å². The van der Waals surface area contributed by atoms with E-state index in [2.05, 4.69) is 24.1 Å². The second kappa shape index (κ2) is 9.04. The van der Waals surface area contributed by atoms with E-state index in [1.165, 1.54) is 0 Å². The molecule has 0 fully saturated rings. The summed E-state index contributed by atoms with van der Waals surface area (Å²) in [5.74, 6) is 0.568. The SMILES string of the molecule is CCN(C(=O)c1nc(C(=O)NCCC(C)C)c2n1CCCC2)c1ccccc1. The van der Waals surface area contributed by atoms with Crippen LogP contribution >= 0.6 is 0 Å². The number of fused-ring (bicyclic) bond motifs is 1. The fourth-order valence-electron chi connectivity index (χ4n) is 3.62. The third kappa shape index (κ3) is 4.26. The second-order valence-corrected chi connectivity index (χ2v) is 7.66. The van der Waals surface area contributed by atoms with Gasteiger partial charge in [-0.05, 0) is 50.7 Å². The van der Waals surface area contributed by atoms with Crippen molar-refractivity contribution in [3.8, 4) is 0 Å². The van der Waals surface area contributed by atoms with Gasteiger partial charge in [-0.2, -0.15) is 0 Å². The first kappa shape index (κ1) is 20.1. The molecule has 1 aromatic carbocycles. The third-order valence-corrected chi connectivity index (χ3v) is 5.16. The molecule has 0 saturated carbocycles. The molecule has 1 aliphatic heterocycles. The summed E-state index contributed by atoms with van der Waals surface area (Å²) < 4.78 is 1.95. The van der Waals surface area contributed by atoms with Crippen LogP contribution in [0.1, 0.15) is 66.8 Å². The molecule has 1 N–H and O–H groups in total. The molecule has 6 heteroatoms. The normalized spacial score (nSPS) is 13.3. The van der Waals surface area contributed by atoms with Crippen molar-refractivity contribution in [2.45, 2.75) is 53.0 Å². The highest BCUT2D eigenvalue weighted by molar-refractivity contribution is 6.05. The van der Waals surface area contributed by atoms with Gasteiger partial charge in [-0.15, -0.1) is 0 Å². The Kier molecular flexibility index (Phi) is 6.49. The molecule has 1 aliphatic rings. The van der Waals surface area contributed by atoms with E-state index < -0.39 is 0 Å². The van der Waals surface area contributed by atoms with Crippen LogP contribution in [0.3, 0.4) is 0 Å². The van der Waals surface area contributed by atoms with Crippen LogP contribution < -0.4 is 10.2 Å². The van der Waals surface area contributed by atoms with Crippen molar-refractivity contribution in [1.82, 2.24) is 14.9 Å². The first-order valence-electron chi connectivity index (χ1n) is 10.3. The lowest BCUT2D eigenvalue weighted by Gasteiger charge is -2.22. The highest BCUT2D eigenvalue weighted by Gasteiger charge is 2.29. The Morgan fingerprint density at radius 1 is 1.21 bits per heavy atom. The molecule has 0 bridgehead atoms. The van der Waals surface area contributed by atoms with Gasteiger partial charge < -0.3 is 14.8 Å². The quantitative estimate of drug-likeness (QED) is 0.795. The fraction of sp³-hybridized carbons (Fsp3) is 0.500. The number of anilines is 1. The molecule has 28 heavy (non-hydrogen) atoms. The number of carbonyl (C=O) groups excluding carboxylic acids is 2. The van der Waals surface area contributed by atoms with Gasteiger partial charge in [0.15, 0.2) is 0 Å². The van der Waals surface area contributed by atoms with Crippen molar-refractivity contribution in [2.75, 3.05) is 18.0 Å². The number of amides is 2. The van der Waals surface area contributed by atoms with Crippen LogP contribution in [0.2, 0.25) is 0 Å². The Bertz CT molecular complexity index is 827. The van der Waals surface area contributed by atoms with Crippen LogP contribution in [0.15, 0.2) is 30.3 Å². The number of nitrogens with zero attached hydrogens (tertiary/aromatic N) is 3. The lowest BCUT2D eigenvalue weighted by molar-refractivity contribution is 0.0946. The fourth-order valence-corrected chi connectivity index (χ4v) is 3.62. The average molecular weight is 383 g/mol. The number of hydrogen-bond donors (Lipinski definition) is 1. The largest absolute Gasteiger partial charge is 0.351 e. The lowest BCUT2D eigenvalue weighted by Crippen LogP contribution is -2.33. The molecule has 6 nitrogen and oxygen atoms in total. The molecule has 0 aliphatic carbocycles. The minimum Gasteiger partial charge on any atom is -0.351 e. The predicted octanol–water partition coefficient (Wildman–Crippen LogP) is 3.66. The molecule has 150 valence electrons. The molecule has 2 heterocycles. The zero-order valence-corrected chi connectivity index (χ0v) is 17.1. The minimum atomic E-state index is -0.173. The summed E-state index contributed by atoms with van der Waals surface area (Å²) in [6.07, 6.45) is 3.72. The van der Waals surface area contributed by atoms with Crippen LogP contribution in [0, 0.1) is 5.92 Å². The maximum Gasteiger partial charge on any atom is 0.294 e. The number of carbonyl (C=O) groups is 2. The Morgan fingerprint density at radius 2 is 1.96 bits per heavy atom. The first-order valence-corrected chi connectivity index (χ1v) is 10.3. The molecule has 1 aromatic heterocycles. The monoisotopic (exact) mass is 382 g/mol. The van der Waals surface area contributed by atoms with Crippen LogP contribution in [0.5, 0.6) is 0 Å². The summed E-state index contributed by atoms with van der Waals surface area (Å²) in [5.41, 5.74) is 2.14. The number of aromatic nitrogens is 2. The molecule has 0 unspecified atom stereocenters. The molecular formula is C22H30N4O2. The van der Waals surface area contributed by atoms with Gasteiger partial charge in [-0.25, -0.2) is 4.98 Å². The van der Waals surface area contributed by atoms with Crippen molar-refractivity contribution in [1.29, 1.82) is 0 Å². The number of imidazole rings is 1. The number of para-hydroxylation sites is 1. The van der Waals surface area contributed by atoms with Crippen molar-refractivity contribution in [2.24, 2.45) is 5.92 Å². The van der Waals surface area contributed by atoms with Gasteiger partial charge in [0.2, 0.25) is 5.82 Å². The highest BCUT2D eigenvalue weighted by atomic mass is 16.2. The van der Waals surface area contributed by atoms with Crippen molar-refractivity contribution >= 4 is 17.5 Å². The Hall–Kier alpha value is -2.63. The summed E-state index contributed by atoms with van der Waals surface area (Å²) in [7, 11) is 0. The van der Waals surface area contributed by atoms with Crippen molar-refractivity contribution < 1.29 is 9.59 Å². The summed E-state index contributed by atoms with van der Waals surface area (Å²) in [6.45, 7) is 8.10. The smallest absolute Gasteiger partial charge is 0.294 e. The van der Waals surface area contributed by atoms with Crippen LogP contribution in [0.25, 0.3) is 0 Å². The van der Waals surface area contributed by atoms with E-state index in [1.807, 2.05) is 41.8 Å². The van der Waals surface area contributed by atoms with E-state index in [0.717, 1.165) is 43.6 Å². The number of benzene rings is 1. The first-order chi connectivity index (χ1) is 13.5. The summed E-state index contributed by atoms with van der Waals surface area (Å²) in [5, 5.41) is 2.97. The molecule has 0 atom stereocenters. The maximum atomic E-state index is 13.3. The number of nitrogens with one attached hydrogen (secondary N) is 1. The van der Waals surface area contributed by atoms with E-state index >= 15 is 0 Å². The van der Waals surface area contributed by atoms with E-state index in [0.29, 0.717) is 30.5 Å². The Balaban J connectivity index is 1.90. The molecule has 2 aromatic rings. The van der Waals surface area contributed by atoms with E-state index in [4.69, 9.17) is 0 Å². The predicted molar refractivity (Wildman–Crippen MR) is 111 cm³/mol. The summed E-state index contributed by atoms with van der Waals surface area (Å²) in [4.78, 5) is 32.3.